The third-order valence-corrected chi connectivity index (χ3v) is 2.19. The monoisotopic (exact) mass is 167 g/mol. The predicted molar refractivity (Wildman–Crippen MR) is 46.2 cm³/mol. The van der Waals surface area contributed by atoms with Gasteiger partial charge in [-0.1, -0.05) is 0 Å². The lowest BCUT2D eigenvalue weighted by Gasteiger charge is -2.13. The molecule has 1 aliphatic rings. The van der Waals surface area contributed by atoms with E-state index in [1.807, 2.05) is 13.1 Å². The summed E-state index contributed by atoms with van der Waals surface area (Å²) in [6.45, 7) is 3.57. The van der Waals surface area contributed by atoms with Crippen molar-refractivity contribution in [2.45, 2.75) is 19.4 Å². The van der Waals surface area contributed by atoms with Crippen molar-refractivity contribution in [2.75, 3.05) is 18.0 Å². The summed E-state index contributed by atoms with van der Waals surface area (Å²) in [6, 6.07) is 0. The van der Waals surface area contributed by atoms with Gasteiger partial charge in [-0.3, -0.25) is 0 Å². The van der Waals surface area contributed by atoms with Crippen molar-refractivity contribution in [1.82, 2.24) is 9.97 Å². The molecule has 12 heavy (non-hydrogen) atoms. The lowest BCUT2D eigenvalue weighted by molar-refractivity contribution is 0.198. The summed E-state index contributed by atoms with van der Waals surface area (Å²) in [5, 5.41) is 9.29. The topological polar surface area (TPSA) is 52.1 Å². The fourth-order valence-corrected chi connectivity index (χ4v) is 1.53. The molecule has 1 aliphatic heterocycles. The van der Waals surface area contributed by atoms with E-state index in [0.29, 0.717) is 0 Å². The highest BCUT2D eigenvalue weighted by atomic mass is 16.3. The number of H-pyrrole nitrogens is 1. The van der Waals surface area contributed by atoms with Crippen LogP contribution in [0.5, 0.6) is 0 Å². The van der Waals surface area contributed by atoms with Crippen LogP contribution in [0.25, 0.3) is 0 Å². The van der Waals surface area contributed by atoms with Gasteiger partial charge in [-0.15, -0.1) is 0 Å². The van der Waals surface area contributed by atoms with Crippen LogP contribution in [0.2, 0.25) is 0 Å². The number of anilines is 1. The van der Waals surface area contributed by atoms with Crippen molar-refractivity contribution < 1.29 is 5.11 Å². The Morgan fingerprint density at radius 3 is 3.08 bits per heavy atom. The maximum Gasteiger partial charge on any atom is 0.126 e. The molecular formula is C8H13N3O. The number of imidazole rings is 1. The molecule has 0 aliphatic carbocycles. The predicted octanol–water partition coefficient (Wildman–Crippen LogP) is 0.289. The highest BCUT2D eigenvalue weighted by molar-refractivity contribution is 5.38. The molecule has 0 bridgehead atoms. The Bertz CT molecular complexity index is 271. The van der Waals surface area contributed by atoms with Crippen molar-refractivity contribution in [3.05, 3.63) is 12.0 Å². The van der Waals surface area contributed by atoms with Gasteiger partial charge in [-0.05, 0) is 13.3 Å². The fourth-order valence-electron chi connectivity index (χ4n) is 1.53. The number of aromatic amines is 1. The maximum absolute atomic E-state index is 9.29. The van der Waals surface area contributed by atoms with E-state index in [1.54, 1.807) is 0 Å². The van der Waals surface area contributed by atoms with Gasteiger partial charge in [0.15, 0.2) is 0 Å². The van der Waals surface area contributed by atoms with Crippen molar-refractivity contribution in [3.63, 3.8) is 0 Å². The molecule has 0 amide bonds. The van der Waals surface area contributed by atoms with Gasteiger partial charge in [0, 0.05) is 13.1 Å². The zero-order valence-electron chi connectivity index (χ0n) is 7.12. The Kier molecular flexibility index (Phi) is 1.77. The highest BCUT2D eigenvalue weighted by Crippen LogP contribution is 2.17. The summed E-state index contributed by atoms with van der Waals surface area (Å²) in [5.74, 6) is 1.94. The van der Waals surface area contributed by atoms with Crippen molar-refractivity contribution >= 4 is 5.82 Å². The number of hydrogen-bond acceptors (Lipinski definition) is 3. The molecule has 1 atom stereocenters. The lowest BCUT2D eigenvalue weighted by Crippen LogP contribution is -2.21. The molecule has 0 spiro atoms. The minimum atomic E-state index is -0.173. The first-order chi connectivity index (χ1) is 5.75. The first kappa shape index (κ1) is 7.61. The molecule has 66 valence electrons. The minimum Gasteiger partial charge on any atom is -0.391 e. The van der Waals surface area contributed by atoms with Crippen molar-refractivity contribution in [2.24, 2.45) is 0 Å². The van der Waals surface area contributed by atoms with Crippen LogP contribution >= 0.6 is 0 Å². The average Bonchev–Trinajstić information content (AvgIpc) is 2.58. The number of aliphatic hydroxyl groups is 1. The van der Waals surface area contributed by atoms with Gasteiger partial charge in [-0.25, -0.2) is 4.98 Å². The SMILES string of the molecule is Cc1ncc(N2CCC(O)C2)[nH]1. The van der Waals surface area contributed by atoms with E-state index in [1.165, 1.54) is 0 Å². The molecule has 0 aromatic carbocycles. The van der Waals surface area contributed by atoms with E-state index in [9.17, 15) is 5.11 Å². The molecule has 4 nitrogen and oxygen atoms in total. The molecular weight excluding hydrogens is 154 g/mol. The molecule has 1 aromatic rings. The largest absolute Gasteiger partial charge is 0.391 e. The highest BCUT2D eigenvalue weighted by Gasteiger charge is 2.21. The smallest absolute Gasteiger partial charge is 0.126 e. The van der Waals surface area contributed by atoms with Gasteiger partial charge in [0.25, 0.3) is 0 Å². The maximum atomic E-state index is 9.29. The molecule has 0 radical (unpaired) electrons. The molecule has 2 N–H and O–H groups in total. The Balaban J connectivity index is 2.11. The second kappa shape index (κ2) is 2.79. The van der Waals surface area contributed by atoms with Crippen LogP contribution in [-0.4, -0.2) is 34.3 Å². The molecule has 1 aromatic heterocycles. The van der Waals surface area contributed by atoms with Gasteiger partial charge >= 0.3 is 0 Å². The van der Waals surface area contributed by atoms with Crippen LogP contribution in [-0.2, 0) is 0 Å². The number of rotatable bonds is 1. The summed E-state index contributed by atoms with van der Waals surface area (Å²) in [4.78, 5) is 9.37. The van der Waals surface area contributed by atoms with Crippen LogP contribution < -0.4 is 4.90 Å². The Morgan fingerprint density at radius 2 is 2.58 bits per heavy atom. The van der Waals surface area contributed by atoms with Crippen LogP contribution in [0.3, 0.4) is 0 Å². The van der Waals surface area contributed by atoms with E-state index in [2.05, 4.69) is 14.9 Å². The van der Waals surface area contributed by atoms with E-state index in [0.717, 1.165) is 31.2 Å². The number of aromatic nitrogens is 2. The third kappa shape index (κ3) is 1.30. The Labute approximate surface area is 71.2 Å². The van der Waals surface area contributed by atoms with Crippen LogP contribution in [0.4, 0.5) is 5.82 Å². The second-order valence-electron chi connectivity index (χ2n) is 3.24. The van der Waals surface area contributed by atoms with Gasteiger partial charge in [0.05, 0.1) is 12.3 Å². The average molecular weight is 167 g/mol. The first-order valence-electron chi connectivity index (χ1n) is 4.20. The second-order valence-corrected chi connectivity index (χ2v) is 3.24. The molecule has 4 heteroatoms. The van der Waals surface area contributed by atoms with Gasteiger partial charge in [0.2, 0.25) is 0 Å². The van der Waals surface area contributed by atoms with E-state index < -0.39 is 0 Å². The number of aliphatic hydroxyl groups excluding tert-OH is 1. The van der Waals surface area contributed by atoms with Crippen molar-refractivity contribution in [3.8, 4) is 0 Å². The van der Waals surface area contributed by atoms with Crippen LogP contribution in [0.1, 0.15) is 12.2 Å². The molecule has 1 unspecified atom stereocenters. The normalized spacial score (nSPS) is 23.5. The summed E-state index contributed by atoms with van der Waals surface area (Å²) in [6.07, 6.45) is 2.50. The molecule has 2 rings (SSSR count). The standard InChI is InChI=1S/C8H13N3O/c1-6-9-4-8(10-6)11-3-2-7(12)5-11/h4,7,12H,2-3,5H2,1H3,(H,9,10). The van der Waals surface area contributed by atoms with Gasteiger partial charge in [-0.2, -0.15) is 0 Å². The molecule has 0 saturated carbocycles. The minimum absolute atomic E-state index is 0.173. The summed E-state index contributed by atoms with van der Waals surface area (Å²) >= 11 is 0. The Hall–Kier alpha value is -1.03. The van der Waals surface area contributed by atoms with Crippen LogP contribution in [0.15, 0.2) is 6.20 Å². The number of aryl methyl sites for hydroxylation is 1. The lowest BCUT2D eigenvalue weighted by atomic mass is 10.3. The van der Waals surface area contributed by atoms with Gasteiger partial charge in [0.1, 0.15) is 11.6 Å². The number of β-amino-alcohol motifs (C(OH)–C–C–N with tert-alkyl or cyclic N) is 1. The summed E-state index contributed by atoms with van der Waals surface area (Å²) in [7, 11) is 0. The quantitative estimate of drug-likeness (QED) is 0.632. The number of hydrogen-bond donors (Lipinski definition) is 2. The van der Waals surface area contributed by atoms with Crippen molar-refractivity contribution in [1.29, 1.82) is 0 Å². The number of nitrogens with zero attached hydrogens (tertiary/aromatic N) is 2. The zero-order chi connectivity index (χ0) is 8.55. The summed E-state index contributed by atoms with van der Waals surface area (Å²) in [5.41, 5.74) is 0. The first-order valence-corrected chi connectivity index (χ1v) is 4.20. The molecule has 1 saturated heterocycles. The Morgan fingerprint density at radius 1 is 1.75 bits per heavy atom. The molecule has 1 fully saturated rings. The fraction of sp³-hybridized carbons (Fsp3) is 0.625. The van der Waals surface area contributed by atoms with E-state index >= 15 is 0 Å². The molecule has 2 heterocycles. The van der Waals surface area contributed by atoms with E-state index in [4.69, 9.17) is 0 Å². The van der Waals surface area contributed by atoms with Crippen LogP contribution in [0, 0.1) is 6.92 Å². The van der Waals surface area contributed by atoms with E-state index in [-0.39, 0.29) is 6.10 Å². The summed E-state index contributed by atoms with van der Waals surface area (Å²) < 4.78 is 0. The zero-order valence-corrected chi connectivity index (χ0v) is 7.12. The number of nitrogens with one attached hydrogen (secondary N) is 1. The third-order valence-electron chi connectivity index (χ3n) is 2.19. The van der Waals surface area contributed by atoms with Gasteiger partial charge < -0.3 is 15.0 Å².